The fourth-order valence-corrected chi connectivity index (χ4v) is 3.58. The number of rotatable bonds is 4. The minimum atomic E-state index is -0.584. The Morgan fingerprint density at radius 3 is 2.00 bits per heavy atom. The van der Waals surface area contributed by atoms with E-state index in [4.69, 9.17) is 19.4 Å². The molecule has 4 rings (SSSR count). The number of carbonyl (C=O) groups is 2. The van der Waals surface area contributed by atoms with Crippen molar-refractivity contribution in [2.45, 2.75) is 26.4 Å². The minimum absolute atomic E-state index is 0.405. The van der Waals surface area contributed by atoms with Crippen LogP contribution in [0.1, 0.15) is 31.1 Å². The molecule has 0 aliphatic carbocycles. The molecule has 7 nitrogen and oxygen atoms in total. The second-order valence-electron chi connectivity index (χ2n) is 9.07. The molecule has 7 heteroatoms. The smallest absolute Gasteiger partial charge is 0.414 e. The SMILES string of the molecule is COC(=O)c1ccc2nc(-c3ccccc3)c(-c3ccc(N(C)C(=O)OC(C)(C)C)cc3)nc2c1. The van der Waals surface area contributed by atoms with Gasteiger partial charge in [-0.25, -0.2) is 19.6 Å². The minimum Gasteiger partial charge on any atom is -0.465 e. The molecule has 1 heterocycles. The third-order valence-electron chi connectivity index (χ3n) is 5.33. The molecule has 0 atom stereocenters. The molecule has 0 aliphatic rings. The molecular formula is C28H27N3O4. The number of ether oxygens (including phenoxy) is 2. The van der Waals surface area contributed by atoms with Crippen molar-refractivity contribution in [2.24, 2.45) is 0 Å². The Balaban J connectivity index is 1.79. The van der Waals surface area contributed by atoms with Gasteiger partial charge in [0.15, 0.2) is 0 Å². The quantitative estimate of drug-likeness (QED) is 0.335. The van der Waals surface area contributed by atoms with Gasteiger partial charge in [-0.3, -0.25) is 4.90 Å². The lowest BCUT2D eigenvalue weighted by molar-refractivity contribution is 0.0584. The second-order valence-corrected chi connectivity index (χ2v) is 9.07. The van der Waals surface area contributed by atoms with E-state index in [-0.39, 0.29) is 0 Å². The summed E-state index contributed by atoms with van der Waals surface area (Å²) in [6.07, 6.45) is -0.434. The Kier molecular flexibility index (Phi) is 6.51. The van der Waals surface area contributed by atoms with Gasteiger partial charge in [0.2, 0.25) is 0 Å². The Bertz CT molecular complexity index is 1380. The molecule has 0 aliphatic heterocycles. The van der Waals surface area contributed by atoms with E-state index in [9.17, 15) is 9.59 Å². The van der Waals surface area contributed by atoms with Crippen molar-refractivity contribution in [3.63, 3.8) is 0 Å². The predicted molar refractivity (Wildman–Crippen MR) is 136 cm³/mol. The summed E-state index contributed by atoms with van der Waals surface area (Å²) in [6, 6.07) is 22.4. The molecule has 0 N–H and O–H groups in total. The van der Waals surface area contributed by atoms with Crippen LogP contribution in [0.2, 0.25) is 0 Å². The van der Waals surface area contributed by atoms with Crippen LogP contribution < -0.4 is 4.90 Å². The van der Waals surface area contributed by atoms with Gasteiger partial charge in [0.25, 0.3) is 0 Å². The molecule has 0 fully saturated rings. The summed E-state index contributed by atoms with van der Waals surface area (Å²) in [4.78, 5) is 35.7. The summed E-state index contributed by atoms with van der Waals surface area (Å²) in [7, 11) is 3.01. The molecule has 1 amide bonds. The molecule has 0 radical (unpaired) electrons. The van der Waals surface area contributed by atoms with Crippen LogP contribution in [0.3, 0.4) is 0 Å². The van der Waals surface area contributed by atoms with Crippen LogP contribution in [-0.4, -0.2) is 41.8 Å². The van der Waals surface area contributed by atoms with Gasteiger partial charge in [-0.05, 0) is 51.1 Å². The van der Waals surface area contributed by atoms with Gasteiger partial charge >= 0.3 is 12.1 Å². The number of fused-ring (bicyclic) bond motifs is 1. The number of hydrogen-bond acceptors (Lipinski definition) is 6. The summed E-state index contributed by atoms with van der Waals surface area (Å²) < 4.78 is 10.3. The van der Waals surface area contributed by atoms with Crippen LogP contribution in [0, 0.1) is 0 Å². The van der Waals surface area contributed by atoms with Crippen LogP contribution >= 0.6 is 0 Å². The number of esters is 1. The largest absolute Gasteiger partial charge is 0.465 e. The highest BCUT2D eigenvalue weighted by Crippen LogP contribution is 2.32. The predicted octanol–water partition coefficient (Wildman–Crippen LogP) is 6.12. The standard InChI is InChI=1S/C28H27N3O4/c1-28(2,3)35-27(33)31(4)21-14-11-19(12-15-21)25-24(18-9-7-6-8-10-18)29-22-16-13-20(26(32)34-5)17-23(22)30-25/h6-17H,1-5H3. The van der Waals surface area contributed by atoms with E-state index in [1.54, 1.807) is 25.2 Å². The zero-order valence-corrected chi connectivity index (χ0v) is 20.4. The molecular weight excluding hydrogens is 442 g/mol. The molecule has 0 saturated heterocycles. The lowest BCUT2D eigenvalue weighted by atomic mass is 10.0. The zero-order chi connectivity index (χ0) is 25.2. The average Bonchev–Trinajstić information content (AvgIpc) is 2.86. The van der Waals surface area contributed by atoms with E-state index in [1.807, 2.05) is 75.4 Å². The lowest BCUT2D eigenvalue weighted by Crippen LogP contribution is -2.34. The first-order valence-electron chi connectivity index (χ1n) is 11.2. The first-order chi connectivity index (χ1) is 16.7. The number of carbonyl (C=O) groups excluding carboxylic acids is 2. The van der Waals surface area contributed by atoms with Gasteiger partial charge in [0.05, 0.1) is 35.1 Å². The fraction of sp³-hybridized carbons (Fsp3) is 0.214. The van der Waals surface area contributed by atoms with E-state index in [2.05, 4.69) is 0 Å². The van der Waals surface area contributed by atoms with Gasteiger partial charge in [0, 0.05) is 23.9 Å². The van der Waals surface area contributed by atoms with Gasteiger partial charge in [-0.15, -0.1) is 0 Å². The first-order valence-corrected chi connectivity index (χ1v) is 11.2. The summed E-state index contributed by atoms with van der Waals surface area (Å²) in [5.74, 6) is -0.433. The van der Waals surface area contributed by atoms with E-state index in [0.717, 1.165) is 16.8 Å². The van der Waals surface area contributed by atoms with Gasteiger partial charge in [-0.2, -0.15) is 0 Å². The van der Waals surface area contributed by atoms with E-state index in [0.29, 0.717) is 28.0 Å². The zero-order valence-electron chi connectivity index (χ0n) is 20.4. The highest BCUT2D eigenvalue weighted by molar-refractivity contribution is 5.95. The summed E-state index contributed by atoms with van der Waals surface area (Å²) >= 11 is 0. The molecule has 0 unspecified atom stereocenters. The van der Waals surface area contributed by atoms with E-state index in [1.165, 1.54) is 12.0 Å². The molecule has 3 aromatic carbocycles. The van der Waals surface area contributed by atoms with E-state index >= 15 is 0 Å². The van der Waals surface area contributed by atoms with Crippen molar-refractivity contribution in [2.75, 3.05) is 19.1 Å². The van der Waals surface area contributed by atoms with Crippen LogP contribution in [0.4, 0.5) is 10.5 Å². The third-order valence-corrected chi connectivity index (χ3v) is 5.33. The van der Waals surface area contributed by atoms with Crippen LogP contribution in [0.25, 0.3) is 33.5 Å². The number of hydrogen-bond donors (Lipinski definition) is 0. The first kappa shape index (κ1) is 23.9. The normalized spacial score (nSPS) is 11.2. The van der Waals surface area contributed by atoms with Crippen molar-refractivity contribution in [1.82, 2.24) is 9.97 Å². The van der Waals surface area contributed by atoms with Crippen molar-refractivity contribution < 1.29 is 19.1 Å². The molecule has 4 aromatic rings. The Morgan fingerprint density at radius 1 is 0.800 bits per heavy atom. The lowest BCUT2D eigenvalue weighted by Gasteiger charge is -2.24. The molecule has 1 aromatic heterocycles. The summed E-state index contributed by atoms with van der Waals surface area (Å²) in [5.41, 5.74) is 4.88. The Labute approximate surface area is 204 Å². The number of nitrogens with zero attached hydrogens (tertiary/aromatic N) is 3. The Morgan fingerprint density at radius 2 is 1.40 bits per heavy atom. The molecule has 35 heavy (non-hydrogen) atoms. The maximum atomic E-state index is 12.5. The molecule has 0 bridgehead atoms. The molecule has 0 spiro atoms. The maximum Gasteiger partial charge on any atom is 0.414 e. The van der Waals surface area contributed by atoms with Gasteiger partial charge in [0.1, 0.15) is 5.60 Å². The number of anilines is 1. The number of methoxy groups -OCH3 is 1. The summed E-state index contributed by atoms with van der Waals surface area (Å²) in [5, 5.41) is 0. The number of amides is 1. The molecule has 0 saturated carbocycles. The van der Waals surface area contributed by atoms with Crippen molar-refractivity contribution in [1.29, 1.82) is 0 Å². The van der Waals surface area contributed by atoms with Gasteiger partial charge in [-0.1, -0.05) is 42.5 Å². The highest BCUT2D eigenvalue weighted by atomic mass is 16.6. The highest BCUT2D eigenvalue weighted by Gasteiger charge is 2.21. The average molecular weight is 470 g/mol. The van der Waals surface area contributed by atoms with Crippen LogP contribution in [0.15, 0.2) is 72.8 Å². The fourth-order valence-electron chi connectivity index (χ4n) is 3.58. The number of aromatic nitrogens is 2. The monoisotopic (exact) mass is 469 g/mol. The third kappa shape index (κ3) is 5.30. The molecule has 178 valence electrons. The van der Waals surface area contributed by atoms with E-state index < -0.39 is 17.7 Å². The maximum absolute atomic E-state index is 12.5. The van der Waals surface area contributed by atoms with Crippen LogP contribution in [-0.2, 0) is 9.47 Å². The van der Waals surface area contributed by atoms with Gasteiger partial charge < -0.3 is 9.47 Å². The van der Waals surface area contributed by atoms with Crippen molar-refractivity contribution in [3.8, 4) is 22.5 Å². The Hall–Kier alpha value is -4.26. The number of benzene rings is 3. The second kappa shape index (κ2) is 9.54. The van der Waals surface area contributed by atoms with Crippen molar-refractivity contribution in [3.05, 3.63) is 78.4 Å². The summed E-state index contributed by atoms with van der Waals surface area (Å²) in [6.45, 7) is 5.49. The van der Waals surface area contributed by atoms with Crippen LogP contribution in [0.5, 0.6) is 0 Å². The topological polar surface area (TPSA) is 81.6 Å². The van der Waals surface area contributed by atoms with Crippen molar-refractivity contribution >= 4 is 28.8 Å².